The van der Waals surface area contributed by atoms with Gasteiger partial charge < -0.3 is 5.11 Å². The van der Waals surface area contributed by atoms with Crippen LogP contribution in [0, 0.1) is 34.5 Å². The maximum Gasteiger partial charge on any atom is 0.420 e. The van der Waals surface area contributed by atoms with Gasteiger partial charge in [-0.2, -0.15) is 13.2 Å². The summed E-state index contributed by atoms with van der Waals surface area (Å²) >= 11 is 0. The highest BCUT2D eigenvalue weighted by molar-refractivity contribution is 5.44. The monoisotopic (exact) mass is 452 g/mol. The van der Waals surface area contributed by atoms with Crippen LogP contribution in [0.4, 0.5) is 13.2 Å². The third-order valence-electron chi connectivity index (χ3n) is 10.2. The molecule has 4 heteroatoms. The van der Waals surface area contributed by atoms with E-state index in [9.17, 15) is 18.3 Å². The molecule has 0 bridgehead atoms. The predicted molar refractivity (Wildman–Crippen MR) is 124 cm³/mol. The van der Waals surface area contributed by atoms with Gasteiger partial charge in [0.25, 0.3) is 0 Å². The van der Waals surface area contributed by atoms with E-state index in [-0.39, 0.29) is 11.8 Å². The van der Waals surface area contributed by atoms with Crippen molar-refractivity contribution in [3.63, 3.8) is 0 Å². The Morgan fingerprint density at radius 3 is 2.38 bits per heavy atom. The number of rotatable bonds is 5. The summed E-state index contributed by atoms with van der Waals surface area (Å²) in [6.07, 6.45) is 7.04. The Morgan fingerprint density at radius 1 is 1.00 bits per heavy atom. The van der Waals surface area contributed by atoms with Crippen LogP contribution in [0.1, 0.15) is 105 Å². The molecule has 0 unspecified atom stereocenters. The lowest BCUT2D eigenvalue weighted by Gasteiger charge is -2.53. The summed E-state index contributed by atoms with van der Waals surface area (Å²) in [6.45, 7) is 11.8. The Balaban J connectivity index is 1.58. The van der Waals surface area contributed by atoms with Gasteiger partial charge in [0.1, 0.15) is 0 Å². The van der Waals surface area contributed by atoms with Crippen molar-refractivity contribution in [2.45, 2.75) is 117 Å². The summed E-state index contributed by atoms with van der Waals surface area (Å²) in [6, 6.07) is 0. The number of fused-ring (bicyclic) bond motifs is 4. The minimum atomic E-state index is -4.59. The van der Waals surface area contributed by atoms with Crippen LogP contribution in [0.15, 0.2) is 22.8 Å². The number of alkyl halides is 3. The van der Waals surface area contributed by atoms with E-state index >= 15 is 0 Å². The fraction of sp³-hybridized carbons (Fsp3) is 0.857. The van der Waals surface area contributed by atoms with Crippen molar-refractivity contribution in [2.75, 3.05) is 0 Å². The van der Waals surface area contributed by atoms with Crippen LogP contribution in [0.25, 0.3) is 0 Å². The number of allylic oxidation sites excluding steroid dienone is 3. The zero-order chi connectivity index (χ0) is 23.5. The van der Waals surface area contributed by atoms with Gasteiger partial charge in [0, 0.05) is 5.41 Å². The van der Waals surface area contributed by atoms with Crippen LogP contribution in [0.5, 0.6) is 0 Å². The van der Waals surface area contributed by atoms with Crippen molar-refractivity contribution in [3.8, 4) is 0 Å². The van der Waals surface area contributed by atoms with Crippen molar-refractivity contribution in [3.05, 3.63) is 22.8 Å². The summed E-state index contributed by atoms with van der Waals surface area (Å²) in [7, 11) is 0. The van der Waals surface area contributed by atoms with E-state index < -0.39 is 11.8 Å². The van der Waals surface area contributed by atoms with Crippen molar-refractivity contribution < 1.29 is 18.3 Å². The van der Waals surface area contributed by atoms with Gasteiger partial charge in [-0.3, -0.25) is 0 Å². The molecular formula is C28H43F3O. The maximum atomic E-state index is 13.5. The van der Waals surface area contributed by atoms with Crippen LogP contribution >= 0.6 is 0 Å². The minimum Gasteiger partial charge on any atom is -0.377 e. The van der Waals surface area contributed by atoms with Gasteiger partial charge in [0.15, 0.2) is 5.60 Å². The summed E-state index contributed by atoms with van der Waals surface area (Å²) in [5, 5.41) is 10.3. The summed E-state index contributed by atoms with van der Waals surface area (Å²) in [4.78, 5) is 0. The number of hydrogen-bond acceptors (Lipinski definition) is 1. The van der Waals surface area contributed by atoms with Gasteiger partial charge in [0.2, 0.25) is 0 Å². The van der Waals surface area contributed by atoms with E-state index in [0.29, 0.717) is 24.2 Å². The fourth-order valence-corrected chi connectivity index (χ4v) is 8.21. The molecule has 0 aromatic rings. The van der Waals surface area contributed by atoms with E-state index in [0.717, 1.165) is 36.2 Å². The topological polar surface area (TPSA) is 20.2 Å². The quantitative estimate of drug-likeness (QED) is 0.415. The molecular weight excluding hydrogens is 409 g/mol. The average molecular weight is 453 g/mol. The first kappa shape index (κ1) is 24.4. The van der Waals surface area contributed by atoms with Crippen molar-refractivity contribution in [1.29, 1.82) is 0 Å². The fourth-order valence-electron chi connectivity index (χ4n) is 8.21. The molecule has 0 aromatic heterocycles. The van der Waals surface area contributed by atoms with Gasteiger partial charge in [-0.15, -0.1) is 0 Å². The van der Waals surface area contributed by atoms with Crippen molar-refractivity contribution in [2.24, 2.45) is 34.5 Å². The van der Waals surface area contributed by atoms with E-state index in [1.165, 1.54) is 50.2 Å². The zero-order valence-electron chi connectivity index (χ0n) is 20.7. The Kier molecular flexibility index (Phi) is 6.22. The first-order valence-corrected chi connectivity index (χ1v) is 13.1. The first-order chi connectivity index (χ1) is 14.8. The largest absolute Gasteiger partial charge is 0.420 e. The molecule has 0 radical (unpaired) electrons. The van der Waals surface area contributed by atoms with Gasteiger partial charge >= 0.3 is 6.18 Å². The summed E-state index contributed by atoms with van der Waals surface area (Å²) in [5.41, 5.74) is 1.28. The lowest BCUT2D eigenvalue weighted by molar-refractivity contribution is -0.245. The van der Waals surface area contributed by atoms with Crippen LogP contribution in [0.2, 0.25) is 0 Å². The Hall–Kier alpha value is -0.770. The minimum absolute atomic E-state index is 0.218. The molecule has 1 N–H and O–H groups in total. The molecule has 0 aromatic carbocycles. The molecule has 1 fully saturated rings. The summed E-state index contributed by atoms with van der Waals surface area (Å²) in [5.74, 6) is 2.88. The number of aliphatic hydroxyl groups is 1. The second-order valence-electron chi connectivity index (χ2n) is 12.5. The second kappa shape index (κ2) is 8.17. The third-order valence-corrected chi connectivity index (χ3v) is 10.2. The number of hydrogen-bond donors (Lipinski definition) is 1. The van der Waals surface area contributed by atoms with Crippen molar-refractivity contribution >= 4 is 0 Å². The SMILES string of the molecule is CC(C)CCC[C@@H](C)[C@H]1CC[C@H]2C3=C(CC[C@]12C)[C@@]1(C)CC[C@](O)(C(F)(F)F)C=C1CC3. The van der Waals surface area contributed by atoms with Crippen molar-refractivity contribution in [1.82, 2.24) is 0 Å². The van der Waals surface area contributed by atoms with Crippen LogP contribution in [-0.4, -0.2) is 16.9 Å². The Labute approximate surface area is 192 Å². The molecule has 4 aliphatic rings. The molecule has 32 heavy (non-hydrogen) atoms. The molecule has 0 amide bonds. The molecule has 0 heterocycles. The van der Waals surface area contributed by atoms with Gasteiger partial charge in [0.05, 0.1) is 0 Å². The third kappa shape index (κ3) is 3.81. The number of halogens is 3. The normalized spacial score (nSPS) is 40.6. The Bertz CT molecular complexity index is 793. The first-order valence-electron chi connectivity index (χ1n) is 13.1. The molecule has 0 aliphatic heterocycles. The van der Waals surface area contributed by atoms with E-state index in [1.807, 2.05) is 0 Å². The lowest BCUT2D eigenvalue weighted by atomic mass is 9.52. The Morgan fingerprint density at radius 2 is 1.72 bits per heavy atom. The van der Waals surface area contributed by atoms with E-state index in [2.05, 4.69) is 34.6 Å². The van der Waals surface area contributed by atoms with E-state index in [1.54, 1.807) is 5.57 Å². The van der Waals surface area contributed by atoms with Crippen LogP contribution < -0.4 is 0 Å². The standard InChI is InChI=1S/C28H43F3O/c1-18(2)7-6-8-19(3)22-11-12-23-21-10-9-20-17-27(32,28(29,30)31)16-15-25(20,4)24(21)13-14-26(22,23)5/h17-19,22-23,32H,6-16H2,1-5H3/t19-,22-,23+,25+,26-,27-/m1/s1. The smallest absolute Gasteiger partial charge is 0.377 e. The molecule has 4 rings (SSSR count). The maximum absolute atomic E-state index is 13.5. The van der Waals surface area contributed by atoms with E-state index in [4.69, 9.17) is 0 Å². The molecule has 4 aliphatic carbocycles. The highest BCUT2D eigenvalue weighted by Crippen LogP contribution is 2.66. The summed E-state index contributed by atoms with van der Waals surface area (Å²) < 4.78 is 40.5. The molecule has 1 saturated carbocycles. The van der Waals surface area contributed by atoms with Gasteiger partial charge in [-0.25, -0.2) is 0 Å². The molecule has 182 valence electrons. The molecule has 0 spiro atoms. The van der Waals surface area contributed by atoms with Gasteiger partial charge in [-0.1, -0.05) is 70.6 Å². The highest BCUT2D eigenvalue weighted by Gasteiger charge is 2.59. The zero-order valence-corrected chi connectivity index (χ0v) is 20.7. The van der Waals surface area contributed by atoms with Crippen LogP contribution in [-0.2, 0) is 0 Å². The predicted octanol–water partition coefficient (Wildman–Crippen LogP) is 8.39. The molecule has 6 atom stereocenters. The van der Waals surface area contributed by atoms with Gasteiger partial charge in [-0.05, 0) is 86.5 Å². The van der Waals surface area contributed by atoms with Crippen LogP contribution in [0.3, 0.4) is 0 Å². The second-order valence-corrected chi connectivity index (χ2v) is 12.5. The molecule has 0 saturated heterocycles. The lowest BCUT2D eigenvalue weighted by Crippen LogP contribution is -2.49. The average Bonchev–Trinajstić information content (AvgIpc) is 3.04. The molecule has 1 nitrogen and oxygen atoms in total. The highest BCUT2D eigenvalue weighted by atomic mass is 19.4.